The molecule has 0 fully saturated rings. The van der Waals surface area contributed by atoms with Crippen LogP contribution in [0.3, 0.4) is 0 Å². The van der Waals surface area contributed by atoms with Gasteiger partial charge in [-0.1, -0.05) is 138 Å². The highest BCUT2D eigenvalue weighted by Crippen LogP contribution is 2.54. The van der Waals surface area contributed by atoms with Gasteiger partial charge in [-0.2, -0.15) is 0 Å². The van der Waals surface area contributed by atoms with Gasteiger partial charge in [-0.15, -0.1) is 45.3 Å². The van der Waals surface area contributed by atoms with Crippen LogP contribution in [0.1, 0.15) is 58.2 Å². The molecule has 15 rings (SSSR count). The summed E-state index contributed by atoms with van der Waals surface area (Å²) in [4.78, 5) is 9.44. The van der Waals surface area contributed by atoms with Crippen molar-refractivity contribution in [3.05, 3.63) is 240 Å². The number of furan rings is 2. The zero-order chi connectivity index (χ0) is 57.2. The number of thiophene rings is 4. The van der Waals surface area contributed by atoms with Crippen LogP contribution in [0.2, 0.25) is 5.02 Å². The van der Waals surface area contributed by atoms with E-state index in [1.54, 1.807) is 0 Å². The lowest BCUT2D eigenvalue weighted by molar-refractivity contribution is 0.589. The molecule has 0 aliphatic heterocycles. The van der Waals surface area contributed by atoms with Crippen LogP contribution in [0.5, 0.6) is 0 Å². The molecule has 0 radical (unpaired) electrons. The standard InChI is InChI=1S/C75H57ClN2O2S4/c1-44-28-59(77(61-42-79-63-26-24-53(40-57(61)63)74(2,3)4)55-32-49(69-36-45-16-8-12-20-65(45)81-69)30-50(33-55)70-37-46-17-9-13-21-66(46)82-70)73(76)60(29-44)78(62-43-80-64-27-25-54(41-58(62)64)75(5,6)7)56-34-51(71-38-47-18-10-14-22-67(47)83-71)31-52(35-56)72-39-48-19-11-15-23-68(48)84-72/h8-43H,1-7H3. The fraction of sp³-hybridized carbons (Fsp3) is 0.120. The van der Waals surface area contributed by atoms with Crippen LogP contribution < -0.4 is 9.80 Å². The van der Waals surface area contributed by atoms with Crippen LogP contribution in [0.4, 0.5) is 34.1 Å². The van der Waals surface area contributed by atoms with Crippen molar-refractivity contribution < 1.29 is 8.83 Å². The minimum atomic E-state index is -0.128. The van der Waals surface area contributed by atoms with Gasteiger partial charge in [0.2, 0.25) is 0 Å². The molecule has 0 atom stereocenters. The minimum absolute atomic E-state index is 0.128. The molecule has 410 valence electrons. The predicted octanol–water partition coefficient (Wildman–Crippen LogP) is 25.2. The molecule has 0 bridgehead atoms. The Morgan fingerprint density at radius 3 is 0.988 bits per heavy atom. The van der Waals surface area contributed by atoms with E-state index in [-0.39, 0.29) is 10.8 Å². The fourth-order valence-electron chi connectivity index (χ4n) is 11.7. The van der Waals surface area contributed by atoms with E-state index in [0.29, 0.717) is 5.02 Å². The topological polar surface area (TPSA) is 32.8 Å². The lowest BCUT2D eigenvalue weighted by Gasteiger charge is -2.31. The normalized spacial score (nSPS) is 12.3. The molecule has 9 heteroatoms. The molecular formula is C75H57ClN2O2S4. The number of benzene rings is 9. The Morgan fingerprint density at radius 2 is 0.679 bits per heavy atom. The molecule has 0 spiro atoms. The predicted molar refractivity (Wildman–Crippen MR) is 366 cm³/mol. The van der Waals surface area contributed by atoms with Crippen LogP contribution in [0, 0.1) is 6.92 Å². The van der Waals surface area contributed by atoms with E-state index in [0.717, 1.165) is 83.9 Å². The summed E-state index contributed by atoms with van der Waals surface area (Å²) in [7, 11) is 0. The van der Waals surface area contributed by atoms with E-state index in [1.165, 1.54) is 71.0 Å². The average Bonchev–Trinajstić information content (AvgIpc) is 3.79. The SMILES string of the molecule is Cc1cc(N(c2cc(-c3cc4ccccc4s3)cc(-c3cc4ccccc4s3)c2)c2coc3ccc(C(C)(C)C)cc23)c(Cl)c(N(c2cc(-c3cc4ccccc4s3)cc(-c3cc4ccccc4s3)c2)c2coc3ccc(C(C)(C)C)cc23)c1. The van der Waals surface area contributed by atoms with Gasteiger partial charge in [-0.05, 0) is 200 Å². The van der Waals surface area contributed by atoms with Gasteiger partial charge >= 0.3 is 0 Å². The third kappa shape index (κ3) is 9.41. The molecule has 6 heterocycles. The van der Waals surface area contributed by atoms with Crippen molar-refractivity contribution in [3.63, 3.8) is 0 Å². The Labute approximate surface area is 509 Å². The molecular weight excluding hydrogens is 1120 g/mol. The highest BCUT2D eigenvalue weighted by atomic mass is 35.5. The summed E-state index contributed by atoms with van der Waals surface area (Å²) < 4.78 is 18.3. The van der Waals surface area contributed by atoms with E-state index in [1.807, 2.05) is 57.9 Å². The van der Waals surface area contributed by atoms with Gasteiger partial charge in [-0.25, -0.2) is 0 Å². The van der Waals surface area contributed by atoms with Gasteiger partial charge in [0.15, 0.2) is 0 Å². The van der Waals surface area contributed by atoms with E-state index >= 15 is 0 Å². The molecule has 0 saturated heterocycles. The number of anilines is 6. The second kappa shape index (κ2) is 20.3. The van der Waals surface area contributed by atoms with Crippen molar-refractivity contribution in [1.82, 2.24) is 0 Å². The first-order valence-corrected chi connectivity index (χ1v) is 32.0. The molecule has 0 N–H and O–H groups in total. The maximum atomic E-state index is 8.52. The zero-order valence-corrected chi connectivity index (χ0v) is 51.5. The first-order valence-electron chi connectivity index (χ1n) is 28.3. The van der Waals surface area contributed by atoms with E-state index in [2.05, 4.69) is 265 Å². The Hall–Kier alpha value is -8.21. The second-order valence-corrected chi connectivity index (χ2v) is 28.8. The van der Waals surface area contributed by atoms with Crippen molar-refractivity contribution in [2.24, 2.45) is 0 Å². The maximum absolute atomic E-state index is 8.52. The summed E-state index contributed by atoms with van der Waals surface area (Å²) in [6.45, 7) is 15.8. The number of halogens is 1. The monoisotopic (exact) mass is 1180 g/mol. The van der Waals surface area contributed by atoms with Gasteiger partial charge in [0.25, 0.3) is 0 Å². The van der Waals surface area contributed by atoms with Crippen molar-refractivity contribution >= 4 is 153 Å². The third-order valence-corrected chi connectivity index (χ3v) is 21.2. The number of aryl methyl sites for hydroxylation is 1. The summed E-state index contributed by atoms with van der Waals surface area (Å²) in [6, 6.07) is 75.8. The van der Waals surface area contributed by atoms with Gasteiger partial charge in [-0.3, -0.25) is 0 Å². The summed E-state index contributed by atoms with van der Waals surface area (Å²) in [6.07, 6.45) is 3.84. The number of hydrogen-bond acceptors (Lipinski definition) is 8. The summed E-state index contributed by atoms with van der Waals surface area (Å²) in [5.74, 6) is 0. The molecule has 0 unspecified atom stereocenters. The Morgan fingerprint density at radius 1 is 0.357 bits per heavy atom. The summed E-state index contributed by atoms with van der Waals surface area (Å²) in [5.41, 5.74) is 14.6. The Kier molecular flexibility index (Phi) is 12.7. The third-order valence-electron chi connectivity index (χ3n) is 16.2. The van der Waals surface area contributed by atoms with Gasteiger partial charge in [0.05, 0.1) is 27.8 Å². The second-order valence-electron chi connectivity index (χ2n) is 24.1. The first-order chi connectivity index (χ1) is 40.6. The zero-order valence-electron chi connectivity index (χ0n) is 47.5. The largest absolute Gasteiger partial charge is 0.462 e. The van der Waals surface area contributed by atoms with E-state index in [4.69, 9.17) is 20.4 Å². The smallest absolute Gasteiger partial charge is 0.136 e. The molecule has 84 heavy (non-hydrogen) atoms. The van der Waals surface area contributed by atoms with Crippen LogP contribution >= 0.6 is 56.9 Å². The minimum Gasteiger partial charge on any atom is -0.462 e. The van der Waals surface area contributed by atoms with Gasteiger partial charge < -0.3 is 18.6 Å². The highest BCUT2D eigenvalue weighted by molar-refractivity contribution is 7.23. The number of nitrogens with zero attached hydrogens (tertiary/aromatic N) is 2. The summed E-state index contributed by atoms with van der Waals surface area (Å²) >= 11 is 15.8. The lowest BCUT2D eigenvalue weighted by atomic mass is 9.86. The van der Waals surface area contributed by atoms with Crippen molar-refractivity contribution in [3.8, 4) is 41.8 Å². The molecule has 0 amide bonds. The molecule has 0 aliphatic rings. The molecule has 15 aromatic rings. The number of rotatable bonds is 10. The average molecular weight is 1180 g/mol. The van der Waals surface area contributed by atoms with Crippen molar-refractivity contribution in [1.29, 1.82) is 0 Å². The first kappa shape index (κ1) is 52.6. The lowest BCUT2D eigenvalue weighted by Crippen LogP contribution is -2.15. The van der Waals surface area contributed by atoms with Gasteiger partial charge in [0.1, 0.15) is 23.7 Å². The Bertz CT molecular complexity index is 4440. The van der Waals surface area contributed by atoms with Crippen LogP contribution in [0.15, 0.2) is 228 Å². The number of hydrogen-bond donors (Lipinski definition) is 0. The summed E-state index contributed by atoms with van der Waals surface area (Å²) in [5, 5.41) is 7.44. The van der Waals surface area contributed by atoms with Crippen LogP contribution in [-0.4, -0.2) is 0 Å². The van der Waals surface area contributed by atoms with Crippen LogP contribution in [0.25, 0.3) is 104 Å². The molecule has 9 aromatic carbocycles. The van der Waals surface area contributed by atoms with Crippen LogP contribution in [-0.2, 0) is 10.8 Å². The maximum Gasteiger partial charge on any atom is 0.136 e. The number of fused-ring (bicyclic) bond motifs is 6. The molecule has 0 aliphatic carbocycles. The highest BCUT2D eigenvalue weighted by Gasteiger charge is 2.30. The molecule has 0 saturated carbocycles. The molecule has 4 nitrogen and oxygen atoms in total. The van der Waals surface area contributed by atoms with Crippen molar-refractivity contribution in [2.45, 2.75) is 59.3 Å². The fourth-order valence-corrected chi connectivity index (χ4v) is 16.2. The van der Waals surface area contributed by atoms with Gasteiger partial charge in [0, 0.05) is 60.5 Å². The van der Waals surface area contributed by atoms with Crippen molar-refractivity contribution in [2.75, 3.05) is 9.80 Å². The quantitative estimate of drug-likeness (QED) is 0.137. The Balaban J connectivity index is 1.02. The van der Waals surface area contributed by atoms with E-state index < -0.39 is 0 Å². The molecule has 6 aromatic heterocycles. The van der Waals surface area contributed by atoms with E-state index in [9.17, 15) is 0 Å².